The first-order valence-electron chi connectivity index (χ1n) is 9.34. The minimum absolute atomic E-state index is 0.192. The topological polar surface area (TPSA) is 38.3 Å². The third kappa shape index (κ3) is 3.92. The van der Waals surface area contributed by atoms with Gasteiger partial charge in [0.15, 0.2) is 0 Å². The van der Waals surface area contributed by atoms with Gasteiger partial charge >= 0.3 is 0 Å². The van der Waals surface area contributed by atoms with Crippen LogP contribution < -0.4 is 10.1 Å². The summed E-state index contributed by atoms with van der Waals surface area (Å²) in [7, 11) is 0. The first-order chi connectivity index (χ1) is 12.3. The molecule has 0 fully saturated rings. The average molecular weight is 351 g/mol. The normalized spacial score (nSPS) is 17.2. The molecule has 138 valence electrons. The molecule has 0 aliphatic heterocycles. The van der Waals surface area contributed by atoms with E-state index in [1.54, 1.807) is 0 Å². The average Bonchev–Trinajstić information content (AvgIpc) is 2.63. The molecule has 1 N–H and O–H groups in total. The van der Waals surface area contributed by atoms with Gasteiger partial charge in [0.1, 0.15) is 12.4 Å². The highest BCUT2D eigenvalue weighted by molar-refractivity contribution is 5.46. The van der Waals surface area contributed by atoms with Gasteiger partial charge in [-0.3, -0.25) is 4.79 Å². The van der Waals surface area contributed by atoms with E-state index < -0.39 is 0 Å². The minimum Gasteiger partial charge on any atom is -0.489 e. The smallest absolute Gasteiger partial charge is 0.207 e. The highest BCUT2D eigenvalue weighted by Crippen LogP contribution is 2.46. The zero-order valence-electron chi connectivity index (χ0n) is 16.3. The number of carbonyl (C=O) groups excluding carboxylic acids is 1. The fraction of sp³-hybridized carbons (Fsp3) is 0.435. The minimum atomic E-state index is 0.192. The van der Waals surface area contributed by atoms with Gasteiger partial charge in [-0.1, -0.05) is 58.0 Å². The van der Waals surface area contributed by atoms with Gasteiger partial charge in [-0.05, 0) is 58.1 Å². The van der Waals surface area contributed by atoms with Gasteiger partial charge in [0, 0.05) is 6.54 Å². The molecule has 0 spiro atoms. The number of nitrogens with one attached hydrogen (secondary N) is 1. The van der Waals surface area contributed by atoms with E-state index in [1.165, 1.54) is 24.0 Å². The first kappa shape index (κ1) is 18.5. The molecular formula is C23H29NO2. The van der Waals surface area contributed by atoms with Crippen LogP contribution in [0.15, 0.2) is 42.5 Å². The van der Waals surface area contributed by atoms with Crippen LogP contribution in [-0.4, -0.2) is 6.41 Å². The van der Waals surface area contributed by atoms with E-state index in [-0.39, 0.29) is 10.8 Å². The lowest BCUT2D eigenvalue weighted by atomic mass is 9.63. The molecule has 0 aromatic heterocycles. The van der Waals surface area contributed by atoms with Crippen LogP contribution in [0.3, 0.4) is 0 Å². The van der Waals surface area contributed by atoms with Gasteiger partial charge in [-0.2, -0.15) is 0 Å². The van der Waals surface area contributed by atoms with Crippen molar-refractivity contribution in [3.8, 4) is 5.75 Å². The molecular weight excluding hydrogens is 322 g/mol. The van der Waals surface area contributed by atoms with E-state index in [2.05, 4.69) is 51.2 Å². The lowest BCUT2D eigenvalue weighted by molar-refractivity contribution is -0.109. The lowest BCUT2D eigenvalue weighted by Gasteiger charge is -2.41. The van der Waals surface area contributed by atoms with Gasteiger partial charge in [-0.15, -0.1) is 0 Å². The van der Waals surface area contributed by atoms with Crippen molar-refractivity contribution in [1.29, 1.82) is 0 Å². The fourth-order valence-corrected chi connectivity index (χ4v) is 3.74. The van der Waals surface area contributed by atoms with E-state index >= 15 is 0 Å². The van der Waals surface area contributed by atoms with Crippen molar-refractivity contribution in [1.82, 2.24) is 5.32 Å². The second-order valence-electron chi connectivity index (χ2n) is 8.58. The number of rotatable bonds is 6. The molecule has 2 aromatic rings. The Kier molecular flexibility index (Phi) is 5.08. The van der Waals surface area contributed by atoms with Gasteiger partial charge in [0.05, 0.1) is 0 Å². The zero-order chi connectivity index (χ0) is 18.8. The summed E-state index contributed by atoms with van der Waals surface area (Å²) >= 11 is 0. The van der Waals surface area contributed by atoms with Crippen LogP contribution in [0.2, 0.25) is 0 Å². The summed E-state index contributed by atoms with van der Waals surface area (Å²) in [6, 6.07) is 14.7. The summed E-state index contributed by atoms with van der Waals surface area (Å²) in [4.78, 5) is 10.4. The third-order valence-electron chi connectivity index (χ3n) is 5.64. The van der Waals surface area contributed by atoms with E-state index in [4.69, 9.17) is 4.74 Å². The van der Waals surface area contributed by atoms with Crippen molar-refractivity contribution in [3.63, 3.8) is 0 Å². The molecule has 0 saturated carbocycles. The molecule has 0 saturated heterocycles. The summed E-state index contributed by atoms with van der Waals surface area (Å²) in [6.45, 7) is 10.4. The number of hydrogen-bond donors (Lipinski definition) is 1. The Morgan fingerprint density at radius 2 is 1.54 bits per heavy atom. The zero-order valence-corrected chi connectivity index (χ0v) is 16.3. The number of carbonyl (C=O) groups is 1. The summed E-state index contributed by atoms with van der Waals surface area (Å²) in [6.07, 6.45) is 3.14. The van der Waals surface area contributed by atoms with Crippen LogP contribution in [0.1, 0.15) is 62.8 Å². The summed E-state index contributed by atoms with van der Waals surface area (Å²) in [5.41, 5.74) is 5.50. The molecule has 1 amide bonds. The molecule has 3 nitrogen and oxygen atoms in total. The number of benzene rings is 2. The van der Waals surface area contributed by atoms with Crippen LogP contribution in [0.25, 0.3) is 0 Å². The monoisotopic (exact) mass is 351 g/mol. The number of amides is 1. The van der Waals surface area contributed by atoms with Gasteiger partial charge in [-0.25, -0.2) is 0 Å². The van der Waals surface area contributed by atoms with Gasteiger partial charge in [0.2, 0.25) is 6.41 Å². The molecule has 0 heterocycles. The predicted octanol–water partition coefficient (Wildman–Crippen LogP) is 4.86. The van der Waals surface area contributed by atoms with E-state index in [0.717, 1.165) is 23.3 Å². The SMILES string of the molecule is CC1(C)CCC(C)(C)c2cc(OCc3ccc(CNC=O)cc3)ccc21. The van der Waals surface area contributed by atoms with Crippen molar-refractivity contribution in [2.45, 2.75) is 64.5 Å². The second kappa shape index (κ2) is 7.14. The Morgan fingerprint density at radius 3 is 2.19 bits per heavy atom. The Bertz CT molecular complexity index is 775. The van der Waals surface area contributed by atoms with Crippen LogP contribution in [0.5, 0.6) is 5.75 Å². The van der Waals surface area contributed by atoms with Crippen LogP contribution in [0, 0.1) is 0 Å². The van der Waals surface area contributed by atoms with Crippen molar-refractivity contribution in [2.75, 3.05) is 0 Å². The maximum absolute atomic E-state index is 10.4. The van der Waals surface area contributed by atoms with Gasteiger partial charge in [0.25, 0.3) is 0 Å². The maximum atomic E-state index is 10.4. The van der Waals surface area contributed by atoms with Crippen LogP contribution in [0.4, 0.5) is 0 Å². The molecule has 2 aromatic carbocycles. The highest BCUT2D eigenvalue weighted by atomic mass is 16.5. The summed E-state index contributed by atoms with van der Waals surface area (Å²) in [5.74, 6) is 0.932. The standard InChI is InChI=1S/C23H29NO2/c1-22(2)11-12-23(3,4)21-13-19(9-10-20(21)22)26-15-18-7-5-17(6-8-18)14-24-16-25/h5-10,13,16H,11-12,14-15H2,1-4H3,(H,24,25). The molecule has 0 bridgehead atoms. The molecule has 0 radical (unpaired) electrons. The maximum Gasteiger partial charge on any atom is 0.207 e. The third-order valence-corrected chi connectivity index (χ3v) is 5.64. The molecule has 0 unspecified atom stereocenters. The van der Waals surface area contributed by atoms with Crippen LogP contribution >= 0.6 is 0 Å². The first-order valence-corrected chi connectivity index (χ1v) is 9.34. The summed E-state index contributed by atoms with van der Waals surface area (Å²) in [5, 5.41) is 2.67. The highest BCUT2D eigenvalue weighted by Gasteiger charge is 2.37. The van der Waals surface area contributed by atoms with Crippen molar-refractivity contribution >= 4 is 6.41 Å². The predicted molar refractivity (Wildman–Crippen MR) is 105 cm³/mol. The van der Waals surface area contributed by atoms with Crippen molar-refractivity contribution in [3.05, 3.63) is 64.7 Å². The molecule has 26 heavy (non-hydrogen) atoms. The molecule has 1 aliphatic carbocycles. The summed E-state index contributed by atoms with van der Waals surface area (Å²) < 4.78 is 6.07. The molecule has 0 atom stereocenters. The van der Waals surface area contributed by atoms with E-state index in [0.29, 0.717) is 13.2 Å². The van der Waals surface area contributed by atoms with E-state index in [1.807, 2.05) is 24.3 Å². The Balaban J connectivity index is 1.72. The van der Waals surface area contributed by atoms with Crippen molar-refractivity contribution in [2.24, 2.45) is 0 Å². The largest absolute Gasteiger partial charge is 0.489 e. The lowest BCUT2D eigenvalue weighted by Crippen LogP contribution is -2.33. The fourth-order valence-electron chi connectivity index (χ4n) is 3.74. The van der Waals surface area contributed by atoms with Crippen LogP contribution in [-0.2, 0) is 28.8 Å². The second-order valence-corrected chi connectivity index (χ2v) is 8.58. The Hall–Kier alpha value is -2.29. The number of hydrogen-bond acceptors (Lipinski definition) is 2. The molecule has 3 heteroatoms. The van der Waals surface area contributed by atoms with E-state index in [9.17, 15) is 4.79 Å². The number of fused-ring (bicyclic) bond motifs is 1. The Morgan fingerprint density at radius 1 is 0.923 bits per heavy atom. The Labute approximate surface area is 156 Å². The van der Waals surface area contributed by atoms with Crippen molar-refractivity contribution < 1.29 is 9.53 Å². The van der Waals surface area contributed by atoms with Gasteiger partial charge < -0.3 is 10.1 Å². The molecule has 1 aliphatic rings. The molecule has 3 rings (SSSR count). The quantitative estimate of drug-likeness (QED) is 0.755. The number of ether oxygens (including phenoxy) is 1.